The van der Waals surface area contributed by atoms with E-state index in [0.29, 0.717) is 12.1 Å². The number of carbonyl (C=O) groups excluding carboxylic acids is 1. The van der Waals surface area contributed by atoms with Crippen molar-refractivity contribution in [1.82, 2.24) is 5.32 Å². The van der Waals surface area contributed by atoms with Crippen molar-refractivity contribution in [2.45, 2.75) is 42.0 Å². The smallest absolute Gasteiger partial charge is 0.416 e. The third-order valence-corrected chi connectivity index (χ3v) is 6.87. The van der Waals surface area contributed by atoms with Gasteiger partial charge in [-0.25, -0.2) is 4.72 Å². The molecule has 3 aliphatic rings. The van der Waals surface area contributed by atoms with Crippen LogP contribution >= 0.6 is 0 Å². The van der Waals surface area contributed by atoms with Crippen molar-refractivity contribution in [2.24, 2.45) is 5.41 Å². The molecule has 1 unspecified atom stereocenters. The molecule has 2 aromatic carbocycles. The number of amides is 1. The van der Waals surface area contributed by atoms with Crippen molar-refractivity contribution < 1.29 is 35.7 Å². The van der Waals surface area contributed by atoms with Crippen LogP contribution in [0.25, 0.3) is 0 Å². The second kappa shape index (κ2) is 7.06. The zero-order valence-electron chi connectivity index (χ0n) is 15.7. The van der Waals surface area contributed by atoms with Gasteiger partial charge in [0.15, 0.2) is 4.90 Å². The molecule has 3 fully saturated rings. The van der Waals surface area contributed by atoms with E-state index >= 15 is 0 Å². The van der Waals surface area contributed by atoms with Gasteiger partial charge in [-0.15, -0.1) is 0 Å². The van der Waals surface area contributed by atoms with Crippen LogP contribution in [0.5, 0.6) is 0 Å². The second-order valence-electron chi connectivity index (χ2n) is 7.98. The number of carbonyl (C=O) groups is 1. The standard InChI is InChI=1S/C20H16F6N2O2S/c21-19(22,23)12-6-7-14(15(8-12)28-31(30)13-4-2-1-3-5-13)16(29)27-18-9-17(10-18,11-18)20(24,25)26/h1-8,28H,9-11H2,(H,27,29). The molecule has 0 saturated heterocycles. The average Bonchev–Trinajstić information content (AvgIpc) is 2.62. The summed E-state index contributed by atoms with van der Waals surface area (Å²) in [4.78, 5) is 13.0. The lowest BCUT2D eigenvalue weighted by Gasteiger charge is -2.70. The Kier molecular flexibility index (Phi) is 4.97. The molecule has 3 saturated carbocycles. The first-order valence-electron chi connectivity index (χ1n) is 9.18. The maximum Gasteiger partial charge on any atom is 0.416 e. The van der Waals surface area contributed by atoms with Crippen LogP contribution in [0.4, 0.5) is 32.0 Å². The monoisotopic (exact) mass is 462 g/mol. The van der Waals surface area contributed by atoms with Crippen LogP contribution in [0, 0.1) is 5.41 Å². The van der Waals surface area contributed by atoms with Crippen molar-refractivity contribution >= 4 is 23.0 Å². The highest BCUT2D eigenvalue weighted by Gasteiger charge is 2.79. The minimum atomic E-state index is -4.70. The molecular formula is C20H16F6N2O2S. The topological polar surface area (TPSA) is 64.2 Å². The van der Waals surface area contributed by atoms with Crippen molar-refractivity contribution in [1.29, 1.82) is 0 Å². The van der Waals surface area contributed by atoms with Gasteiger partial charge in [0.1, 0.15) is 11.4 Å². The Morgan fingerprint density at radius 1 is 0.968 bits per heavy atom. The number of halogens is 6. The highest BCUT2D eigenvalue weighted by Crippen LogP contribution is 2.73. The second-order valence-corrected chi connectivity index (χ2v) is 9.20. The average molecular weight is 462 g/mol. The first-order valence-corrected chi connectivity index (χ1v) is 10.3. The van der Waals surface area contributed by atoms with Crippen LogP contribution in [-0.4, -0.2) is 22.2 Å². The van der Waals surface area contributed by atoms with E-state index in [1.165, 1.54) is 12.1 Å². The Morgan fingerprint density at radius 3 is 2.13 bits per heavy atom. The molecule has 2 bridgehead atoms. The molecule has 3 aliphatic carbocycles. The van der Waals surface area contributed by atoms with Crippen molar-refractivity contribution in [3.63, 3.8) is 0 Å². The van der Waals surface area contributed by atoms with E-state index in [1.54, 1.807) is 18.2 Å². The summed E-state index contributed by atoms with van der Waals surface area (Å²) in [6, 6.07) is 10.1. The van der Waals surface area contributed by atoms with Crippen LogP contribution in [0.15, 0.2) is 53.4 Å². The molecule has 0 aliphatic heterocycles. The van der Waals surface area contributed by atoms with Crippen molar-refractivity contribution in [2.75, 3.05) is 4.72 Å². The fraction of sp³-hybridized carbons (Fsp3) is 0.350. The minimum absolute atomic E-state index is 0.233. The summed E-state index contributed by atoms with van der Waals surface area (Å²) in [7, 11) is 0. The maximum atomic E-state index is 13.1. The predicted octanol–water partition coefficient (Wildman–Crippen LogP) is 5.05. The van der Waals surface area contributed by atoms with Crippen LogP contribution in [0.3, 0.4) is 0 Å². The molecule has 1 atom stereocenters. The summed E-state index contributed by atoms with van der Waals surface area (Å²) in [5.74, 6) is -0.822. The van der Waals surface area contributed by atoms with Gasteiger partial charge in [-0.3, -0.25) is 4.79 Å². The number of anilines is 1. The summed E-state index contributed by atoms with van der Waals surface area (Å²) in [5, 5.41) is 2.52. The van der Waals surface area contributed by atoms with E-state index in [0.717, 1.165) is 6.07 Å². The number of hydrogen-bond donors (Lipinski definition) is 2. The molecule has 2 aromatic rings. The molecule has 0 aromatic heterocycles. The molecule has 0 radical (unpaired) electrons. The summed E-state index contributed by atoms with van der Waals surface area (Å²) in [6.45, 7) is 0. The Balaban J connectivity index is 1.56. The van der Waals surface area contributed by atoms with E-state index in [4.69, 9.17) is 0 Å². The number of benzene rings is 2. The van der Waals surface area contributed by atoms with Crippen LogP contribution < -0.4 is 10.0 Å². The quantitative estimate of drug-likeness (QED) is 0.483. The first-order chi connectivity index (χ1) is 14.3. The number of hydrogen-bond acceptors (Lipinski definition) is 3. The zero-order valence-corrected chi connectivity index (χ0v) is 16.5. The van der Waals surface area contributed by atoms with Crippen LogP contribution in [-0.2, 0) is 17.5 Å². The predicted molar refractivity (Wildman–Crippen MR) is 100 cm³/mol. The zero-order chi connectivity index (χ0) is 22.7. The molecule has 166 valence electrons. The first kappa shape index (κ1) is 21.8. The molecule has 1 amide bonds. The summed E-state index contributed by atoms with van der Waals surface area (Å²) in [6.07, 6.45) is -9.82. The Bertz CT molecular complexity index is 989. The summed E-state index contributed by atoms with van der Waals surface area (Å²) >= 11 is -1.96. The Labute approximate surface area is 176 Å². The van der Waals surface area contributed by atoms with Crippen LogP contribution in [0.1, 0.15) is 35.2 Å². The fourth-order valence-electron chi connectivity index (χ4n) is 4.24. The molecule has 4 nitrogen and oxygen atoms in total. The third-order valence-electron chi connectivity index (χ3n) is 5.76. The largest absolute Gasteiger partial charge is 0.588 e. The number of nitrogens with one attached hydrogen (secondary N) is 2. The Hall–Kier alpha value is -2.40. The van der Waals surface area contributed by atoms with E-state index in [-0.39, 0.29) is 35.4 Å². The lowest BCUT2D eigenvalue weighted by Crippen LogP contribution is -2.78. The van der Waals surface area contributed by atoms with Gasteiger partial charge < -0.3 is 9.87 Å². The van der Waals surface area contributed by atoms with E-state index < -0.39 is 46.1 Å². The summed E-state index contributed by atoms with van der Waals surface area (Å²) in [5.41, 5.74) is -4.41. The van der Waals surface area contributed by atoms with Gasteiger partial charge in [-0.2, -0.15) is 26.3 Å². The molecule has 11 heteroatoms. The maximum absolute atomic E-state index is 13.1. The number of rotatable bonds is 5. The SMILES string of the molecule is O=C(NC12CC(C(F)(F)F)(C1)C2)c1ccc(C(F)(F)F)cc1N[S+]([O-])c1ccccc1. The van der Waals surface area contributed by atoms with Gasteiger partial charge in [0, 0.05) is 5.54 Å². The summed E-state index contributed by atoms with van der Waals surface area (Å²) < 4.78 is 93.4. The lowest BCUT2D eigenvalue weighted by atomic mass is 9.39. The number of alkyl halides is 6. The highest BCUT2D eigenvalue weighted by atomic mass is 32.2. The van der Waals surface area contributed by atoms with E-state index in [1.807, 2.05) is 0 Å². The van der Waals surface area contributed by atoms with Gasteiger partial charge in [-0.1, -0.05) is 18.2 Å². The fourth-order valence-corrected chi connectivity index (χ4v) is 5.13. The Morgan fingerprint density at radius 2 is 1.58 bits per heavy atom. The van der Waals surface area contributed by atoms with Gasteiger partial charge in [0.25, 0.3) is 5.91 Å². The normalized spacial score (nSPS) is 25.8. The highest BCUT2D eigenvalue weighted by molar-refractivity contribution is 7.92. The van der Waals surface area contributed by atoms with Crippen molar-refractivity contribution in [3.05, 3.63) is 59.7 Å². The van der Waals surface area contributed by atoms with Gasteiger partial charge in [0.05, 0.1) is 22.2 Å². The minimum Gasteiger partial charge on any atom is -0.588 e. The van der Waals surface area contributed by atoms with Crippen molar-refractivity contribution in [3.8, 4) is 0 Å². The third kappa shape index (κ3) is 3.84. The van der Waals surface area contributed by atoms with E-state index in [2.05, 4.69) is 10.0 Å². The van der Waals surface area contributed by atoms with Gasteiger partial charge in [-0.05, 0) is 49.6 Å². The molecule has 0 heterocycles. The van der Waals surface area contributed by atoms with Gasteiger partial charge >= 0.3 is 12.4 Å². The molecule has 2 N–H and O–H groups in total. The molecule has 0 spiro atoms. The van der Waals surface area contributed by atoms with E-state index in [9.17, 15) is 35.7 Å². The van der Waals surface area contributed by atoms with Gasteiger partial charge in [0.2, 0.25) is 0 Å². The molecule has 31 heavy (non-hydrogen) atoms. The van der Waals surface area contributed by atoms with Crippen LogP contribution in [0.2, 0.25) is 0 Å². The lowest BCUT2D eigenvalue weighted by molar-refractivity contribution is -0.336. The molecule has 5 rings (SSSR count). The molecular weight excluding hydrogens is 446 g/mol.